The zero-order valence-corrected chi connectivity index (χ0v) is 15.3. The average Bonchev–Trinajstić information content (AvgIpc) is 2.77. The maximum absolute atomic E-state index is 12.3. The van der Waals surface area contributed by atoms with E-state index in [2.05, 4.69) is 26.5 Å². The van der Waals surface area contributed by atoms with Crippen molar-refractivity contribution in [2.45, 2.75) is 52.1 Å². The molecule has 2 fully saturated rings. The molecule has 0 aliphatic heterocycles. The summed E-state index contributed by atoms with van der Waals surface area (Å²) in [6.07, 6.45) is 11.0. The number of allylic oxidation sites excluding steroid dienone is 6. The molecular formula is C22H26O3. The highest BCUT2D eigenvalue weighted by Crippen LogP contribution is 2.66. The van der Waals surface area contributed by atoms with E-state index in [4.69, 9.17) is 0 Å². The number of hydrogen-bond donors (Lipinski definition) is 1. The number of fused-ring (bicyclic) bond motifs is 5. The van der Waals surface area contributed by atoms with Gasteiger partial charge >= 0.3 is 0 Å². The molecule has 0 heterocycles. The fourth-order valence-electron chi connectivity index (χ4n) is 6.14. The van der Waals surface area contributed by atoms with Crippen molar-refractivity contribution in [1.29, 1.82) is 0 Å². The van der Waals surface area contributed by atoms with Crippen molar-refractivity contribution in [2.24, 2.45) is 22.7 Å². The maximum Gasteiger partial charge on any atom is 0.178 e. The summed E-state index contributed by atoms with van der Waals surface area (Å²) >= 11 is 0. The van der Waals surface area contributed by atoms with E-state index >= 15 is 0 Å². The lowest BCUT2D eigenvalue weighted by Gasteiger charge is -2.53. The molecule has 0 bridgehead atoms. The first-order valence-electron chi connectivity index (χ1n) is 9.21. The van der Waals surface area contributed by atoms with Gasteiger partial charge in [0.2, 0.25) is 0 Å². The Balaban J connectivity index is 1.82. The quantitative estimate of drug-likeness (QED) is 0.742. The summed E-state index contributed by atoms with van der Waals surface area (Å²) in [5.41, 5.74) is 1.12. The lowest BCUT2D eigenvalue weighted by molar-refractivity contribution is -0.144. The summed E-state index contributed by atoms with van der Waals surface area (Å²) < 4.78 is 0. The molecule has 0 aromatic heterocycles. The van der Waals surface area contributed by atoms with Gasteiger partial charge in [0, 0.05) is 10.8 Å². The van der Waals surface area contributed by atoms with Gasteiger partial charge in [0.15, 0.2) is 11.6 Å². The van der Waals surface area contributed by atoms with Crippen molar-refractivity contribution in [1.82, 2.24) is 0 Å². The Morgan fingerprint density at radius 3 is 2.76 bits per heavy atom. The van der Waals surface area contributed by atoms with E-state index < -0.39 is 11.0 Å². The summed E-state index contributed by atoms with van der Waals surface area (Å²) in [6.45, 7) is 9.81. The fourth-order valence-corrected chi connectivity index (χ4v) is 6.14. The van der Waals surface area contributed by atoms with Crippen molar-refractivity contribution in [2.75, 3.05) is 0 Å². The Labute approximate surface area is 149 Å². The van der Waals surface area contributed by atoms with Gasteiger partial charge < -0.3 is 5.11 Å². The van der Waals surface area contributed by atoms with E-state index in [1.807, 2.05) is 6.08 Å². The summed E-state index contributed by atoms with van der Waals surface area (Å²) in [7, 11) is 0. The molecule has 0 aromatic carbocycles. The molecule has 0 aromatic rings. The van der Waals surface area contributed by atoms with Crippen LogP contribution in [0.15, 0.2) is 47.6 Å². The topological polar surface area (TPSA) is 54.4 Å². The number of carbonyl (C=O) groups is 2. The van der Waals surface area contributed by atoms with E-state index in [0.29, 0.717) is 24.3 Å². The van der Waals surface area contributed by atoms with Gasteiger partial charge in [0.05, 0.1) is 0 Å². The monoisotopic (exact) mass is 338 g/mol. The normalized spacial score (nSPS) is 45.3. The molecule has 132 valence electrons. The number of carbonyl (C=O) groups excluding carboxylic acids is 2. The first-order chi connectivity index (χ1) is 11.6. The van der Waals surface area contributed by atoms with Crippen LogP contribution >= 0.6 is 0 Å². The van der Waals surface area contributed by atoms with Crippen LogP contribution in [-0.2, 0) is 9.59 Å². The SMILES string of the molecule is C=C1C[C@@H]2[C@@H]3CCC4=CC(=O)C=C[C@]4(C)C3=CC[C@@]2(C)[C@]1(O)C(C)=O. The minimum Gasteiger partial charge on any atom is -0.377 e. The molecule has 0 unspecified atom stereocenters. The van der Waals surface area contributed by atoms with Crippen molar-refractivity contribution in [3.63, 3.8) is 0 Å². The van der Waals surface area contributed by atoms with Crippen LogP contribution in [0.2, 0.25) is 0 Å². The smallest absolute Gasteiger partial charge is 0.178 e. The summed E-state index contributed by atoms with van der Waals surface area (Å²) in [4.78, 5) is 24.1. The highest BCUT2D eigenvalue weighted by molar-refractivity contribution is 6.01. The second-order valence-corrected chi connectivity index (χ2v) is 8.71. The molecule has 4 aliphatic rings. The highest BCUT2D eigenvalue weighted by Gasteiger charge is 2.65. The van der Waals surface area contributed by atoms with Crippen LogP contribution in [0.5, 0.6) is 0 Å². The van der Waals surface area contributed by atoms with Gasteiger partial charge in [0.25, 0.3) is 0 Å². The maximum atomic E-state index is 12.3. The second kappa shape index (κ2) is 4.91. The molecular weight excluding hydrogens is 312 g/mol. The molecule has 0 saturated heterocycles. The Bertz CT molecular complexity index is 798. The number of aliphatic hydroxyl groups is 1. The second-order valence-electron chi connectivity index (χ2n) is 8.71. The van der Waals surface area contributed by atoms with E-state index in [-0.39, 0.29) is 22.9 Å². The molecule has 5 atom stereocenters. The van der Waals surface area contributed by atoms with Gasteiger partial charge in [-0.1, -0.05) is 36.8 Å². The standard InChI is InChI=1S/C22H26O3/c1-13-11-19-17-6-5-15-12-16(24)7-9-20(15,3)18(17)8-10-21(19,4)22(13,25)14(2)23/h7-9,12,17,19,25H,1,5-6,10-11H2,2-4H3/t17-,19-,20+,21-,22-/m1/s1. The van der Waals surface area contributed by atoms with Crippen LogP contribution in [0.1, 0.15) is 46.5 Å². The summed E-state index contributed by atoms with van der Waals surface area (Å²) in [5.74, 6) is 0.430. The van der Waals surface area contributed by atoms with Gasteiger partial charge in [-0.2, -0.15) is 0 Å². The Morgan fingerprint density at radius 2 is 2.08 bits per heavy atom. The van der Waals surface area contributed by atoms with Crippen molar-refractivity contribution < 1.29 is 14.7 Å². The number of rotatable bonds is 1. The van der Waals surface area contributed by atoms with Crippen LogP contribution in [-0.4, -0.2) is 22.3 Å². The lowest BCUT2D eigenvalue weighted by Crippen LogP contribution is -2.54. The van der Waals surface area contributed by atoms with E-state index in [1.165, 1.54) is 18.1 Å². The molecule has 4 aliphatic carbocycles. The molecule has 0 radical (unpaired) electrons. The number of ketones is 2. The predicted octanol–water partition coefficient (Wildman–Crippen LogP) is 3.70. The van der Waals surface area contributed by atoms with Gasteiger partial charge in [-0.3, -0.25) is 9.59 Å². The molecule has 2 saturated carbocycles. The lowest BCUT2D eigenvalue weighted by atomic mass is 9.51. The Hall–Kier alpha value is -1.74. The van der Waals surface area contributed by atoms with Gasteiger partial charge in [-0.15, -0.1) is 0 Å². The highest BCUT2D eigenvalue weighted by atomic mass is 16.3. The number of Topliss-reactive ketones (excluding diaryl/α,β-unsaturated/α-hetero) is 1. The largest absolute Gasteiger partial charge is 0.377 e. The summed E-state index contributed by atoms with van der Waals surface area (Å²) in [5, 5.41) is 11.3. The molecule has 3 nitrogen and oxygen atoms in total. The minimum atomic E-state index is -1.42. The van der Waals surface area contributed by atoms with E-state index in [9.17, 15) is 14.7 Å². The summed E-state index contributed by atoms with van der Waals surface area (Å²) in [6, 6.07) is 0. The third-order valence-electron chi connectivity index (χ3n) is 7.65. The molecule has 0 spiro atoms. The van der Waals surface area contributed by atoms with Crippen LogP contribution in [0.25, 0.3) is 0 Å². The zero-order valence-electron chi connectivity index (χ0n) is 15.3. The minimum absolute atomic E-state index is 0.0763. The third-order valence-corrected chi connectivity index (χ3v) is 7.65. The van der Waals surface area contributed by atoms with Crippen LogP contribution in [0.3, 0.4) is 0 Å². The Morgan fingerprint density at radius 1 is 1.36 bits per heavy atom. The molecule has 25 heavy (non-hydrogen) atoms. The molecule has 0 amide bonds. The third kappa shape index (κ3) is 1.85. The first-order valence-corrected chi connectivity index (χ1v) is 9.21. The Kier molecular flexibility index (Phi) is 3.28. The van der Waals surface area contributed by atoms with E-state index in [0.717, 1.165) is 12.8 Å². The van der Waals surface area contributed by atoms with Crippen LogP contribution in [0, 0.1) is 22.7 Å². The van der Waals surface area contributed by atoms with Crippen molar-refractivity contribution in [3.05, 3.63) is 47.6 Å². The molecule has 4 rings (SSSR count). The van der Waals surface area contributed by atoms with Gasteiger partial charge in [-0.25, -0.2) is 0 Å². The molecule has 3 heteroatoms. The van der Waals surface area contributed by atoms with Crippen molar-refractivity contribution in [3.8, 4) is 0 Å². The first kappa shape index (κ1) is 16.7. The number of hydrogen-bond acceptors (Lipinski definition) is 3. The van der Waals surface area contributed by atoms with Crippen molar-refractivity contribution >= 4 is 11.6 Å². The van der Waals surface area contributed by atoms with E-state index in [1.54, 1.807) is 12.2 Å². The van der Waals surface area contributed by atoms with Gasteiger partial charge in [-0.05, 0) is 69.1 Å². The fraction of sp³-hybridized carbons (Fsp3) is 0.545. The van der Waals surface area contributed by atoms with Crippen LogP contribution in [0.4, 0.5) is 0 Å². The van der Waals surface area contributed by atoms with Gasteiger partial charge in [0.1, 0.15) is 5.60 Å². The zero-order chi connectivity index (χ0) is 18.2. The predicted molar refractivity (Wildman–Crippen MR) is 96.7 cm³/mol. The average molecular weight is 338 g/mol. The van der Waals surface area contributed by atoms with Crippen LogP contribution < -0.4 is 0 Å². The molecule has 1 N–H and O–H groups in total.